The lowest BCUT2D eigenvalue weighted by molar-refractivity contribution is -0.130. The second-order valence-electron chi connectivity index (χ2n) is 4.72. The largest absolute Gasteiger partial charge is 0.496 e. The zero-order chi connectivity index (χ0) is 14.8. The molecule has 1 aromatic carbocycles. The highest BCUT2D eigenvalue weighted by atomic mass is 16.5. The number of hydrogen-bond donors (Lipinski definition) is 1. The number of rotatable bonds is 4. The lowest BCUT2D eigenvalue weighted by Crippen LogP contribution is -2.42. The molecule has 6 heteroatoms. The normalized spacial score (nSPS) is 22.4. The summed E-state index contributed by atoms with van der Waals surface area (Å²) in [5.41, 5.74) is -0.185. The molecule has 1 aliphatic rings. The third-order valence-corrected chi connectivity index (χ3v) is 3.40. The summed E-state index contributed by atoms with van der Waals surface area (Å²) in [6.07, 6.45) is 1.95. The summed E-state index contributed by atoms with van der Waals surface area (Å²) < 4.78 is 5.18. The Morgan fingerprint density at radius 3 is 2.70 bits per heavy atom. The van der Waals surface area contributed by atoms with E-state index in [0.717, 1.165) is 5.01 Å². The highest BCUT2D eigenvalue weighted by Crippen LogP contribution is 2.21. The van der Waals surface area contributed by atoms with Crippen LogP contribution in [0.1, 0.15) is 25.8 Å². The number of urea groups is 1. The lowest BCUT2D eigenvalue weighted by atomic mass is 10.00. The standard InChI is InChI=1S/C14H17N3O3/c1-4-14(2)12(18)17(13(19)16-14)15-9-10-7-5-6-8-11(10)20-3/h5-9H,4H2,1-3H3,(H,16,19)/b15-9-/t14-/m1/s1. The molecule has 106 valence electrons. The van der Waals surface area contributed by atoms with Gasteiger partial charge in [-0.25, -0.2) is 4.79 Å². The van der Waals surface area contributed by atoms with E-state index in [2.05, 4.69) is 10.4 Å². The fourth-order valence-corrected chi connectivity index (χ4v) is 1.91. The van der Waals surface area contributed by atoms with Crippen LogP contribution in [0.4, 0.5) is 4.79 Å². The average molecular weight is 275 g/mol. The summed E-state index contributed by atoms with van der Waals surface area (Å²) in [5.74, 6) is 0.276. The van der Waals surface area contributed by atoms with Crippen LogP contribution in [0, 0.1) is 0 Å². The molecule has 1 aliphatic heterocycles. The van der Waals surface area contributed by atoms with Crippen LogP contribution >= 0.6 is 0 Å². The van der Waals surface area contributed by atoms with E-state index in [4.69, 9.17) is 4.74 Å². The first-order chi connectivity index (χ1) is 9.51. The number of imide groups is 1. The predicted octanol–water partition coefficient (Wildman–Crippen LogP) is 1.75. The number of hydrazone groups is 1. The van der Waals surface area contributed by atoms with Gasteiger partial charge < -0.3 is 10.1 Å². The van der Waals surface area contributed by atoms with Crippen LogP contribution in [0.25, 0.3) is 0 Å². The molecule has 1 heterocycles. The molecule has 0 saturated carbocycles. The van der Waals surface area contributed by atoms with Crippen molar-refractivity contribution in [2.24, 2.45) is 5.10 Å². The SMILES string of the molecule is CC[C@@]1(C)NC(=O)N(/N=C\c2ccccc2OC)C1=O. The Morgan fingerprint density at radius 1 is 1.40 bits per heavy atom. The van der Waals surface area contributed by atoms with Crippen LogP contribution in [-0.2, 0) is 4.79 Å². The van der Waals surface area contributed by atoms with E-state index >= 15 is 0 Å². The van der Waals surface area contributed by atoms with Crippen molar-refractivity contribution in [2.75, 3.05) is 7.11 Å². The minimum atomic E-state index is -0.880. The topological polar surface area (TPSA) is 71.0 Å². The number of hydrogen-bond acceptors (Lipinski definition) is 4. The van der Waals surface area contributed by atoms with Crippen LogP contribution < -0.4 is 10.1 Å². The van der Waals surface area contributed by atoms with Gasteiger partial charge in [0.1, 0.15) is 11.3 Å². The highest BCUT2D eigenvalue weighted by Gasteiger charge is 2.46. The Kier molecular flexibility index (Phi) is 3.74. The van der Waals surface area contributed by atoms with Crippen molar-refractivity contribution in [2.45, 2.75) is 25.8 Å². The zero-order valence-corrected chi connectivity index (χ0v) is 11.7. The molecule has 6 nitrogen and oxygen atoms in total. The van der Waals surface area contributed by atoms with Crippen LogP contribution in [0.2, 0.25) is 0 Å². The number of methoxy groups -OCH3 is 1. The first-order valence-electron chi connectivity index (χ1n) is 6.35. The number of nitrogens with one attached hydrogen (secondary N) is 1. The Morgan fingerprint density at radius 2 is 2.10 bits per heavy atom. The summed E-state index contributed by atoms with van der Waals surface area (Å²) in [6.45, 7) is 3.53. The maximum Gasteiger partial charge on any atom is 0.346 e. The van der Waals surface area contributed by atoms with Crippen molar-refractivity contribution in [3.05, 3.63) is 29.8 Å². The number of carbonyl (C=O) groups is 2. The van der Waals surface area contributed by atoms with Crippen molar-refractivity contribution in [3.63, 3.8) is 0 Å². The molecule has 1 aromatic rings. The Balaban J connectivity index is 2.24. The Labute approximate surface area is 117 Å². The van der Waals surface area contributed by atoms with Crippen molar-refractivity contribution in [1.82, 2.24) is 10.3 Å². The molecule has 2 rings (SSSR count). The van der Waals surface area contributed by atoms with Gasteiger partial charge >= 0.3 is 6.03 Å². The second kappa shape index (κ2) is 5.32. The monoisotopic (exact) mass is 275 g/mol. The van der Waals surface area contributed by atoms with E-state index < -0.39 is 11.6 Å². The molecule has 0 spiro atoms. The molecule has 0 bridgehead atoms. The molecule has 3 amide bonds. The Hall–Kier alpha value is -2.37. The molecule has 1 N–H and O–H groups in total. The average Bonchev–Trinajstić information content (AvgIpc) is 2.68. The predicted molar refractivity (Wildman–Crippen MR) is 74.7 cm³/mol. The van der Waals surface area contributed by atoms with Crippen molar-refractivity contribution >= 4 is 18.2 Å². The number of carbonyl (C=O) groups excluding carboxylic acids is 2. The van der Waals surface area contributed by atoms with E-state index in [1.807, 2.05) is 19.1 Å². The molecule has 1 atom stereocenters. The van der Waals surface area contributed by atoms with Gasteiger partial charge in [0.05, 0.1) is 13.3 Å². The summed E-state index contributed by atoms with van der Waals surface area (Å²) >= 11 is 0. The van der Waals surface area contributed by atoms with Crippen LogP contribution in [0.3, 0.4) is 0 Å². The number of amides is 3. The van der Waals surface area contributed by atoms with Gasteiger partial charge in [0.2, 0.25) is 0 Å². The lowest BCUT2D eigenvalue weighted by Gasteiger charge is -2.17. The number of para-hydroxylation sites is 1. The molecule has 0 radical (unpaired) electrons. The molecule has 1 fully saturated rings. The maximum atomic E-state index is 12.1. The van der Waals surface area contributed by atoms with Crippen molar-refractivity contribution in [3.8, 4) is 5.75 Å². The van der Waals surface area contributed by atoms with E-state index in [1.165, 1.54) is 6.21 Å². The molecule has 1 saturated heterocycles. The zero-order valence-electron chi connectivity index (χ0n) is 11.7. The summed E-state index contributed by atoms with van der Waals surface area (Å²) in [6, 6.07) is 6.72. The van der Waals surface area contributed by atoms with Gasteiger partial charge in [-0.3, -0.25) is 4.79 Å². The quantitative estimate of drug-likeness (QED) is 0.672. The summed E-state index contributed by atoms with van der Waals surface area (Å²) in [5, 5.41) is 7.47. The third kappa shape index (κ3) is 2.36. The minimum Gasteiger partial charge on any atom is -0.496 e. The number of benzene rings is 1. The smallest absolute Gasteiger partial charge is 0.346 e. The van der Waals surface area contributed by atoms with Gasteiger partial charge in [-0.15, -0.1) is 5.01 Å². The van der Waals surface area contributed by atoms with Crippen molar-refractivity contribution in [1.29, 1.82) is 0 Å². The molecular weight excluding hydrogens is 258 g/mol. The Bertz CT molecular complexity index is 571. The number of nitrogens with zero attached hydrogens (tertiary/aromatic N) is 2. The summed E-state index contributed by atoms with van der Waals surface area (Å²) in [4.78, 5) is 23.9. The van der Waals surface area contributed by atoms with E-state index in [9.17, 15) is 9.59 Å². The number of ether oxygens (including phenoxy) is 1. The van der Waals surface area contributed by atoms with Gasteiger partial charge in [0.25, 0.3) is 5.91 Å². The second-order valence-corrected chi connectivity index (χ2v) is 4.72. The first-order valence-corrected chi connectivity index (χ1v) is 6.35. The third-order valence-electron chi connectivity index (χ3n) is 3.40. The first kappa shape index (κ1) is 14.0. The molecule has 20 heavy (non-hydrogen) atoms. The van der Waals surface area contributed by atoms with E-state index in [-0.39, 0.29) is 5.91 Å². The molecular formula is C14H17N3O3. The molecule has 0 aliphatic carbocycles. The van der Waals surface area contributed by atoms with E-state index in [1.54, 1.807) is 26.2 Å². The molecule has 0 unspecified atom stereocenters. The van der Waals surface area contributed by atoms with Gasteiger partial charge in [0.15, 0.2) is 0 Å². The van der Waals surface area contributed by atoms with Gasteiger partial charge in [-0.1, -0.05) is 19.1 Å². The minimum absolute atomic E-state index is 0.351. The van der Waals surface area contributed by atoms with Gasteiger partial charge in [-0.05, 0) is 25.5 Å². The van der Waals surface area contributed by atoms with Crippen molar-refractivity contribution < 1.29 is 14.3 Å². The van der Waals surface area contributed by atoms with Crippen LogP contribution in [0.5, 0.6) is 5.75 Å². The van der Waals surface area contributed by atoms with Crippen LogP contribution in [0.15, 0.2) is 29.4 Å². The van der Waals surface area contributed by atoms with Crippen LogP contribution in [-0.4, -0.2) is 35.8 Å². The highest BCUT2D eigenvalue weighted by molar-refractivity contribution is 6.07. The fourth-order valence-electron chi connectivity index (χ4n) is 1.91. The molecule has 0 aromatic heterocycles. The van der Waals surface area contributed by atoms with Gasteiger partial charge in [-0.2, -0.15) is 5.10 Å². The van der Waals surface area contributed by atoms with E-state index in [0.29, 0.717) is 17.7 Å². The van der Waals surface area contributed by atoms with Gasteiger partial charge in [0, 0.05) is 5.56 Å². The summed E-state index contributed by atoms with van der Waals surface area (Å²) in [7, 11) is 1.55. The maximum absolute atomic E-state index is 12.1. The fraction of sp³-hybridized carbons (Fsp3) is 0.357.